The quantitative estimate of drug-likeness (QED) is 0.832. The lowest BCUT2D eigenvalue weighted by Gasteiger charge is -2.30. The summed E-state index contributed by atoms with van der Waals surface area (Å²) in [7, 11) is 0. The number of hydrogen-bond acceptors (Lipinski definition) is 3. The van der Waals surface area contributed by atoms with Crippen LogP contribution < -0.4 is 0 Å². The highest BCUT2D eigenvalue weighted by Crippen LogP contribution is 2.16. The molecule has 1 saturated heterocycles. The Morgan fingerprint density at radius 2 is 2.35 bits per heavy atom. The summed E-state index contributed by atoms with van der Waals surface area (Å²) in [6, 6.07) is 0. The van der Waals surface area contributed by atoms with Gasteiger partial charge < -0.3 is 14.6 Å². The number of rotatable bonds is 5. The molecule has 2 heterocycles. The van der Waals surface area contributed by atoms with Crippen LogP contribution in [0.5, 0.6) is 0 Å². The van der Waals surface area contributed by atoms with Crippen LogP contribution >= 0.6 is 0 Å². The first-order chi connectivity index (χ1) is 8.25. The van der Waals surface area contributed by atoms with E-state index in [0.29, 0.717) is 6.54 Å². The summed E-state index contributed by atoms with van der Waals surface area (Å²) in [5, 5.41) is 8.99. The molecule has 5 heteroatoms. The lowest BCUT2D eigenvalue weighted by atomic mass is 9.98. The highest BCUT2D eigenvalue weighted by Gasteiger charge is 2.24. The third kappa shape index (κ3) is 3.56. The molecule has 1 fully saturated rings. The first-order valence-electron chi connectivity index (χ1n) is 6.16. The summed E-state index contributed by atoms with van der Waals surface area (Å²) in [6.45, 7) is 3.67. The smallest absolute Gasteiger partial charge is 0.307 e. The maximum absolute atomic E-state index is 10.9. The molecule has 0 aliphatic carbocycles. The minimum absolute atomic E-state index is 0.169. The number of aliphatic carboxylic acids is 1. The van der Waals surface area contributed by atoms with Crippen molar-refractivity contribution in [1.29, 1.82) is 0 Å². The number of likely N-dealkylation sites (tertiary alicyclic amines) is 1. The summed E-state index contributed by atoms with van der Waals surface area (Å²) < 4.78 is 2.05. The fourth-order valence-corrected chi connectivity index (χ4v) is 2.36. The summed E-state index contributed by atoms with van der Waals surface area (Å²) in [6.07, 6.45) is 8.42. The average Bonchev–Trinajstić information content (AvgIpc) is 2.82. The normalized spacial score (nSPS) is 21.5. The van der Waals surface area contributed by atoms with Crippen LogP contribution in [0, 0.1) is 5.92 Å². The minimum Gasteiger partial charge on any atom is -0.481 e. The fraction of sp³-hybridized carbons (Fsp3) is 0.667. The second kappa shape index (κ2) is 5.82. The molecule has 0 bridgehead atoms. The van der Waals surface area contributed by atoms with Gasteiger partial charge in [0, 0.05) is 25.5 Å². The van der Waals surface area contributed by atoms with Crippen LogP contribution in [0.15, 0.2) is 18.7 Å². The number of hydrogen-bond donors (Lipinski definition) is 1. The predicted molar refractivity (Wildman–Crippen MR) is 63.6 cm³/mol. The van der Waals surface area contributed by atoms with Crippen molar-refractivity contribution in [2.75, 3.05) is 19.6 Å². The highest BCUT2D eigenvalue weighted by molar-refractivity contribution is 5.70. The lowest BCUT2D eigenvalue weighted by molar-refractivity contribution is -0.143. The molecule has 2 rings (SSSR count). The zero-order valence-corrected chi connectivity index (χ0v) is 9.96. The van der Waals surface area contributed by atoms with Gasteiger partial charge in [0.25, 0.3) is 0 Å². The van der Waals surface area contributed by atoms with Crippen molar-refractivity contribution >= 4 is 5.97 Å². The fourth-order valence-electron chi connectivity index (χ4n) is 2.36. The van der Waals surface area contributed by atoms with E-state index in [1.165, 1.54) is 0 Å². The van der Waals surface area contributed by atoms with Crippen molar-refractivity contribution in [2.24, 2.45) is 5.92 Å². The number of aryl methyl sites for hydroxylation is 1. The maximum Gasteiger partial charge on any atom is 0.307 e. The predicted octanol–water partition coefficient (Wildman–Crippen LogP) is 1.07. The van der Waals surface area contributed by atoms with Crippen molar-refractivity contribution in [3.63, 3.8) is 0 Å². The number of carbonyl (C=O) groups is 1. The highest BCUT2D eigenvalue weighted by atomic mass is 16.4. The van der Waals surface area contributed by atoms with Crippen molar-refractivity contribution < 1.29 is 9.90 Å². The Labute approximate surface area is 101 Å². The van der Waals surface area contributed by atoms with Crippen LogP contribution in [0.25, 0.3) is 0 Å². The van der Waals surface area contributed by atoms with Crippen molar-refractivity contribution in [2.45, 2.75) is 25.8 Å². The molecule has 5 nitrogen and oxygen atoms in total. The summed E-state index contributed by atoms with van der Waals surface area (Å²) in [5.41, 5.74) is 0. The Morgan fingerprint density at radius 3 is 3.06 bits per heavy atom. The van der Waals surface area contributed by atoms with E-state index in [2.05, 4.69) is 14.5 Å². The first kappa shape index (κ1) is 12.1. The monoisotopic (exact) mass is 237 g/mol. The van der Waals surface area contributed by atoms with Crippen molar-refractivity contribution in [1.82, 2.24) is 14.5 Å². The van der Waals surface area contributed by atoms with E-state index < -0.39 is 5.97 Å². The standard InChI is InChI=1S/C12H19N3O2/c16-12(17)11-3-1-5-14(9-11)6-2-7-15-8-4-13-10-15/h4,8,10-11H,1-3,5-7,9H2,(H,16,17). The maximum atomic E-state index is 10.9. The van der Waals surface area contributed by atoms with Gasteiger partial charge in [0.15, 0.2) is 0 Å². The molecule has 0 aromatic carbocycles. The van der Waals surface area contributed by atoms with E-state index in [1.54, 1.807) is 6.20 Å². The van der Waals surface area contributed by atoms with Gasteiger partial charge in [-0.05, 0) is 32.4 Å². The van der Waals surface area contributed by atoms with Gasteiger partial charge in [-0.2, -0.15) is 0 Å². The second-order valence-electron chi connectivity index (χ2n) is 4.63. The summed E-state index contributed by atoms with van der Waals surface area (Å²) in [5.74, 6) is -0.818. The van der Waals surface area contributed by atoms with E-state index in [0.717, 1.165) is 38.9 Å². The van der Waals surface area contributed by atoms with Gasteiger partial charge in [-0.25, -0.2) is 4.98 Å². The zero-order valence-electron chi connectivity index (χ0n) is 9.96. The van der Waals surface area contributed by atoms with Crippen LogP contribution in [-0.2, 0) is 11.3 Å². The van der Waals surface area contributed by atoms with Crippen LogP contribution in [-0.4, -0.2) is 45.2 Å². The molecule has 0 radical (unpaired) electrons. The molecule has 1 atom stereocenters. The third-order valence-electron chi connectivity index (χ3n) is 3.30. The largest absolute Gasteiger partial charge is 0.481 e. The van der Waals surface area contributed by atoms with Crippen molar-refractivity contribution in [3.8, 4) is 0 Å². The summed E-state index contributed by atoms with van der Waals surface area (Å²) >= 11 is 0. The Hall–Kier alpha value is -1.36. The number of imidazole rings is 1. The molecule has 1 aromatic rings. The molecule has 0 amide bonds. The van der Waals surface area contributed by atoms with Gasteiger partial charge in [-0.15, -0.1) is 0 Å². The van der Waals surface area contributed by atoms with Gasteiger partial charge in [-0.3, -0.25) is 4.79 Å². The number of carboxylic acid groups (broad SMARTS) is 1. The van der Waals surface area contributed by atoms with Gasteiger partial charge in [0.05, 0.1) is 12.2 Å². The van der Waals surface area contributed by atoms with Gasteiger partial charge >= 0.3 is 5.97 Å². The van der Waals surface area contributed by atoms with Gasteiger partial charge in [0.2, 0.25) is 0 Å². The second-order valence-corrected chi connectivity index (χ2v) is 4.63. The Kier molecular flexibility index (Phi) is 4.14. The molecule has 17 heavy (non-hydrogen) atoms. The number of aromatic nitrogens is 2. The molecule has 0 spiro atoms. The molecular weight excluding hydrogens is 218 g/mol. The Bertz CT molecular complexity index is 351. The van der Waals surface area contributed by atoms with Crippen LogP contribution in [0.2, 0.25) is 0 Å². The van der Waals surface area contributed by atoms with Crippen LogP contribution in [0.1, 0.15) is 19.3 Å². The van der Waals surface area contributed by atoms with Crippen molar-refractivity contribution in [3.05, 3.63) is 18.7 Å². The van der Waals surface area contributed by atoms with E-state index in [1.807, 2.05) is 12.5 Å². The number of nitrogens with zero attached hydrogens (tertiary/aromatic N) is 3. The molecule has 0 saturated carbocycles. The van der Waals surface area contributed by atoms with Gasteiger partial charge in [-0.1, -0.05) is 0 Å². The summed E-state index contributed by atoms with van der Waals surface area (Å²) in [4.78, 5) is 17.2. The molecule has 1 aliphatic heterocycles. The first-order valence-corrected chi connectivity index (χ1v) is 6.16. The average molecular weight is 237 g/mol. The SMILES string of the molecule is O=C(O)C1CCCN(CCCn2ccnc2)C1. The molecule has 94 valence electrons. The minimum atomic E-state index is -0.649. The number of piperidine rings is 1. The lowest BCUT2D eigenvalue weighted by Crippen LogP contribution is -2.39. The van der Waals surface area contributed by atoms with Crippen LogP contribution in [0.4, 0.5) is 0 Å². The molecular formula is C12H19N3O2. The van der Waals surface area contributed by atoms with E-state index >= 15 is 0 Å². The third-order valence-corrected chi connectivity index (χ3v) is 3.30. The van der Waals surface area contributed by atoms with E-state index in [-0.39, 0.29) is 5.92 Å². The Balaban J connectivity index is 1.70. The molecule has 1 N–H and O–H groups in total. The Morgan fingerprint density at radius 1 is 1.47 bits per heavy atom. The number of carboxylic acids is 1. The van der Waals surface area contributed by atoms with E-state index in [4.69, 9.17) is 5.11 Å². The molecule has 1 unspecified atom stereocenters. The van der Waals surface area contributed by atoms with Gasteiger partial charge in [0.1, 0.15) is 0 Å². The molecule has 1 aliphatic rings. The zero-order chi connectivity index (χ0) is 12.1. The van der Waals surface area contributed by atoms with Crippen LogP contribution in [0.3, 0.4) is 0 Å². The topological polar surface area (TPSA) is 58.4 Å². The molecule has 1 aromatic heterocycles. The van der Waals surface area contributed by atoms with E-state index in [9.17, 15) is 4.79 Å².